The van der Waals surface area contributed by atoms with Gasteiger partial charge in [0.05, 0.1) is 28.3 Å². The number of aromatic nitrogens is 4. The summed E-state index contributed by atoms with van der Waals surface area (Å²) in [5.74, 6) is 1.24. The third-order valence-corrected chi connectivity index (χ3v) is 5.36. The third-order valence-electron chi connectivity index (χ3n) is 4.09. The summed E-state index contributed by atoms with van der Waals surface area (Å²) in [6, 6.07) is 11.3. The van der Waals surface area contributed by atoms with Crippen LogP contribution in [0.4, 0.5) is 5.82 Å². The number of amides is 1. The number of nitriles is 1. The Kier molecular flexibility index (Phi) is 4.14. The van der Waals surface area contributed by atoms with E-state index in [1.54, 1.807) is 35.3 Å². The molecule has 3 heterocycles. The predicted octanol–water partition coefficient (Wildman–Crippen LogP) is 2.62. The number of benzene rings is 1. The van der Waals surface area contributed by atoms with Crippen LogP contribution in [-0.2, 0) is 4.79 Å². The fraction of sp³-hybridized carbons (Fsp3) is 0.167. The molecule has 1 aliphatic rings. The van der Waals surface area contributed by atoms with Crippen molar-refractivity contribution in [2.75, 3.05) is 11.1 Å². The van der Waals surface area contributed by atoms with Gasteiger partial charge < -0.3 is 5.32 Å². The van der Waals surface area contributed by atoms with Gasteiger partial charge >= 0.3 is 0 Å². The van der Waals surface area contributed by atoms with Gasteiger partial charge in [-0.3, -0.25) is 4.79 Å². The molecule has 0 radical (unpaired) electrons. The molecule has 1 aromatic carbocycles. The first-order valence-corrected chi connectivity index (χ1v) is 9.00. The lowest BCUT2D eigenvalue weighted by Crippen LogP contribution is -2.16. The summed E-state index contributed by atoms with van der Waals surface area (Å²) < 4.78 is 1.57. The molecule has 0 saturated heterocycles. The second-order valence-electron chi connectivity index (χ2n) is 5.78. The van der Waals surface area contributed by atoms with E-state index in [0.717, 1.165) is 16.8 Å². The van der Waals surface area contributed by atoms with E-state index in [2.05, 4.69) is 26.5 Å². The van der Waals surface area contributed by atoms with Crippen LogP contribution in [0.5, 0.6) is 0 Å². The number of carbonyl (C=O) groups excluding carboxylic acids is 1. The Morgan fingerprint density at radius 2 is 2.00 bits per heavy atom. The van der Waals surface area contributed by atoms with Crippen LogP contribution in [0.15, 0.2) is 42.7 Å². The minimum atomic E-state index is -0.0931. The number of thioether (sulfide) groups is 1. The highest BCUT2D eigenvalue weighted by Crippen LogP contribution is 2.43. The first kappa shape index (κ1) is 16.3. The molecule has 1 amide bonds. The Morgan fingerprint density at radius 3 is 2.69 bits per heavy atom. The van der Waals surface area contributed by atoms with Gasteiger partial charge in [-0.25, -0.2) is 9.97 Å². The number of nitrogens with zero attached hydrogens (tertiary/aromatic N) is 5. The van der Waals surface area contributed by atoms with Crippen molar-refractivity contribution < 1.29 is 4.79 Å². The average molecular weight is 362 g/mol. The van der Waals surface area contributed by atoms with Gasteiger partial charge in [0.15, 0.2) is 0 Å². The maximum Gasteiger partial charge on any atom is 0.252 e. The second-order valence-corrected chi connectivity index (χ2v) is 6.87. The zero-order valence-electron chi connectivity index (χ0n) is 13.9. The number of rotatable bonds is 2. The second kappa shape index (κ2) is 6.61. The largest absolute Gasteiger partial charge is 0.309 e. The molecule has 4 rings (SSSR count). The molecule has 0 bridgehead atoms. The highest BCUT2D eigenvalue weighted by atomic mass is 32.2. The number of aryl methyl sites for hydroxylation is 1. The summed E-state index contributed by atoms with van der Waals surface area (Å²) in [4.78, 5) is 20.7. The molecule has 2 aromatic heterocycles. The van der Waals surface area contributed by atoms with Crippen LogP contribution < -0.4 is 5.32 Å². The number of fused-ring (bicyclic) bond motifs is 1. The standard InChI is InChI=1S/C18H14N6OS/c1-11-15-16(13-5-3-12(9-19)4-6-13)26-10-14(25)22-17(15)24(23-11)18-20-7-2-8-21-18/h2-8,16H,10H2,1H3,(H,22,25)/t16-/m0/s1. The lowest BCUT2D eigenvalue weighted by atomic mass is 10.0. The molecule has 0 unspecified atom stereocenters. The third kappa shape index (κ3) is 2.82. The molecule has 128 valence electrons. The zero-order chi connectivity index (χ0) is 18.1. The van der Waals surface area contributed by atoms with Crippen molar-refractivity contribution in [3.63, 3.8) is 0 Å². The summed E-state index contributed by atoms with van der Waals surface area (Å²) in [5.41, 5.74) is 3.35. The molecular weight excluding hydrogens is 348 g/mol. The van der Waals surface area contributed by atoms with Gasteiger partial charge in [-0.15, -0.1) is 11.8 Å². The maximum atomic E-state index is 12.3. The summed E-state index contributed by atoms with van der Waals surface area (Å²) in [6.45, 7) is 1.91. The van der Waals surface area contributed by atoms with Crippen molar-refractivity contribution in [3.8, 4) is 12.0 Å². The van der Waals surface area contributed by atoms with Gasteiger partial charge in [-0.1, -0.05) is 12.1 Å². The van der Waals surface area contributed by atoms with E-state index in [0.29, 0.717) is 23.1 Å². The van der Waals surface area contributed by atoms with E-state index in [1.807, 2.05) is 19.1 Å². The van der Waals surface area contributed by atoms with Crippen LogP contribution in [0, 0.1) is 18.3 Å². The number of nitrogens with one attached hydrogen (secondary N) is 1. The van der Waals surface area contributed by atoms with E-state index in [1.165, 1.54) is 11.8 Å². The topological polar surface area (TPSA) is 96.5 Å². The molecule has 8 heteroatoms. The van der Waals surface area contributed by atoms with Crippen LogP contribution in [-0.4, -0.2) is 31.4 Å². The average Bonchev–Trinajstić information content (AvgIpc) is 2.88. The summed E-state index contributed by atoms with van der Waals surface area (Å²) >= 11 is 1.53. The molecule has 0 spiro atoms. The molecule has 0 aliphatic carbocycles. The molecule has 7 nitrogen and oxygen atoms in total. The Bertz CT molecular complexity index is 1010. The highest BCUT2D eigenvalue weighted by Gasteiger charge is 2.31. The maximum absolute atomic E-state index is 12.3. The summed E-state index contributed by atoms with van der Waals surface area (Å²) in [7, 11) is 0. The van der Waals surface area contributed by atoms with Crippen molar-refractivity contribution in [2.24, 2.45) is 0 Å². The van der Waals surface area contributed by atoms with Crippen LogP contribution in [0.25, 0.3) is 5.95 Å². The molecular formula is C18H14N6OS. The quantitative estimate of drug-likeness (QED) is 0.753. The molecule has 26 heavy (non-hydrogen) atoms. The van der Waals surface area contributed by atoms with Crippen molar-refractivity contribution in [1.82, 2.24) is 19.7 Å². The van der Waals surface area contributed by atoms with E-state index in [9.17, 15) is 4.79 Å². The summed E-state index contributed by atoms with van der Waals surface area (Å²) in [6.07, 6.45) is 3.27. The van der Waals surface area contributed by atoms with Gasteiger partial charge in [-0.2, -0.15) is 15.0 Å². The van der Waals surface area contributed by atoms with Crippen molar-refractivity contribution in [3.05, 3.63) is 65.1 Å². The van der Waals surface area contributed by atoms with Crippen LogP contribution in [0.2, 0.25) is 0 Å². The number of hydrogen-bond acceptors (Lipinski definition) is 6. The monoisotopic (exact) mass is 362 g/mol. The van der Waals surface area contributed by atoms with Crippen molar-refractivity contribution in [2.45, 2.75) is 12.2 Å². The van der Waals surface area contributed by atoms with Gasteiger partial charge in [0, 0.05) is 18.0 Å². The Labute approximate surface area is 154 Å². The Balaban J connectivity index is 1.87. The van der Waals surface area contributed by atoms with Gasteiger partial charge in [0.1, 0.15) is 5.82 Å². The SMILES string of the molecule is Cc1nn(-c2ncccn2)c2c1[C@H](c1ccc(C#N)cc1)SCC(=O)N2. The lowest BCUT2D eigenvalue weighted by Gasteiger charge is -2.15. The normalized spacial score (nSPS) is 16.3. The fourth-order valence-electron chi connectivity index (χ4n) is 2.92. The molecule has 1 aliphatic heterocycles. The Morgan fingerprint density at radius 1 is 1.27 bits per heavy atom. The fourth-order valence-corrected chi connectivity index (χ4v) is 4.11. The smallest absolute Gasteiger partial charge is 0.252 e. The number of anilines is 1. The van der Waals surface area contributed by atoms with Gasteiger partial charge in [-0.05, 0) is 30.7 Å². The number of carbonyl (C=O) groups is 1. The Hall–Kier alpha value is -3.18. The van der Waals surface area contributed by atoms with Gasteiger partial charge in [0.25, 0.3) is 5.95 Å². The van der Waals surface area contributed by atoms with E-state index in [4.69, 9.17) is 5.26 Å². The minimum Gasteiger partial charge on any atom is -0.309 e. The van der Waals surface area contributed by atoms with Crippen molar-refractivity contribution in [1.29, 1.82) is 5.26 Å². The lowest BCUT2D eigenvalue weighted by molar-refractivity contribution is -0.113. The van der Waals surface area contributed by atoms with E-state index < -0.39 is 0 Å². The molecule has 1 atom stereocenters. The zero-order valence-corrected chi connectivity index (χ0v) is 14.7. The molecule has 0 fully saturated rings. The minimum absolute atomic E-state index is 0.0749. The first-order valence-electron chi connectivity index (χ1n) is 7.96. The van der Waals surface area contributed by atoms with Crippen molar-refractivity contribution >= 4 is 23.5 Å². The van der Waals surface area contributed by atoms with Gasteiger partial charge in [0.2, 0.25) is 5.91 Å². The highest BCUT2D eigenvalue weighted by molar-refractivity contribution is 8.00. The van der Waals surface area contributed by atoms with Crippen LogP contribution >= 0.6 is 11.8 Å². The molecule has 1 N–H and O–H groups in total. The summed E-state index contributed by atoms with van der Waals surface area (Å²) in [5, 5.41) is 16.4. The molecule has 0 saturated carbocycles. The number of hydrogen-bond donors (Lipinski definition) is 1. The van der Waals surface area contributed by atoms with Crippen LogP contribution in [0.3, 0.4) is 0 Å². The van der Waals surface area contributed by atoms with Crippen LogP contribution in [0.1, 0.15) is 27.6 Å². The predicted molar refractivity (Wildman–Crippen MR) is 98.0 cm³/mol. The van der Waals surface area contributed by atoms with E-state index >= 15 is 0 Å². The first-order chi connectivity index (χ1) is 12.7. The van der Waals surface area contributed by atoms with E-state index in [-0.39, 0.29) is 11.2 Å². The molecule has 3 aromatic rings.